The second-order valence-corrected chi connectivity index (χ2v) is 2.32. The van der Waals surface area contributed by atoms with Gasteiger partial charge >= 0.3 is 0 Å². The highest BCUT2D eigenvalue weighted by Crippen LogP contribution is 1.95. The molecule has 4 nitrogen and oxygen atoms in total. The van der Waals surface area contributed by atoms with Gasteiger partial charge in [0.25, 0.3) is 0 Å². The van der Waals surface area contributed by atoms with Crippen LogP contribution in [0.3, 0.4) is 0 Å². The molecular formula is C8H10N4. The zero-order valence-electron chi connectivity index (χ0n) is 6.78. The van der Waals surface area contributed by atoms with Gasteiger partial charge in [0.2, 0.25) is 0 Å². The minimum Gasteiger partial charge on any atom is -0.387 e. The van der Waals surface area contributed by atoms with E-state index in [4.69, 9.17) is 11.1 Å². The predicted molar refractivity (Wildman–Crippen MR) is 48.4 cm³/mol. The predicted octanol–water partition coefficient (Wildman–Crippen LogP) is 0.784. The number of rotatable bonds is 1. The van der Waals surface area contributed by atoms with E-state index in [1.807, 2.05) is 0 Å². The first-order valence-electron chi connectivity index (χ1n) is 3.51. The summed E-state index contributed by atoms with van der Waals surface area (Å²) in [6.45, 7) is 1.64. The number of aromatic nitrogens is 1. The van der Waals surface area contributed by atoms with Gasteiger partial charge in [0, 0.05) is 6.20 Å². The molecule has 62 valence electrons. The van der Waals surface area contributed by atoms with Gasteiger partial charge in [-0.3, -0.25) is 10.4 Å². The lowest BCUT2D eigenvalue weighted by atomic mass is 10.3. The fraction of sp³-hybridized carbons (Fsp3) is 0.125. The van der Waals surface area contributed by atoms with Gasteiger partial charge in [-0.15, -0.1) is 0 Å². The maximum absolute atomic E-state index is 7.43. The molecule has 0 aliphatic carbocycles. The maximum atomic E-state index is 7.43. The van der Waals surface area contributed by atoms with Crippen molar-refractivity contribution in [3.63, 3.8) is 0 Å². The van der Waals surface area contributed by atoms with Gasteiger partial charge in [0.05, 0.1) is 5.84 Å². The fourth-order valence-electron chi connectivity index (χ4n) is 0.736. The van der Waals surface area contributed by atoms with Crippen molar-refractivity contribution in [2.24, 2.45) is 10.7 Å². The summed E-state index contributed by atoms with van der Waals surface area (Å²) in [6.07, 6.45) is 1.62. The molecule has 0 aromatic carbocycles. The zero-order valence-corrected chi connectivity index (χ0v) is 6.78. The van der Waals surface area contributed by atoms with Crippen LogP contribution < -0.4 is 5.73 Å². The van der Waals surface area contributed by atoms with E-state index in [9.17, 15) is 0 Å². The Hall–Kier alpha value is -1.71. The summed E-state index contributed by atoms with van der Waals surface area (Å²) >= 11 is 0. The van der Waals surface area contributed by atoms with Crippen molar-refractivity contribution in [3.05, 3.63) is 30.1 Å². The Kier molecular flexibility index (Phi) is 2.53. The van der Waals surface area contributed by atoms with Crippen LogP contribution >= 0.6 is 0 Å². The highest BCUT2D eigenvalue weighted by molar-refractivity contribution is 6.02. The Morgan fingerprint density at radius 3 is 2.83 bits per heavy atom. The first-order valence-corrected chi connectivity index (χ1v) is 3.51. The van der Waals surface area contributed by atoms with Crippen LogP contribution in [-0.2, 0) is 0 Å². The quantitative estimate of drug-likeness (QED) is 0.473. The number of nitrogens with two attached hydrogens (primary N) is 1. The fourth-order valence-corrected chi connectivity index (χ4v) is 0.736. The highest BCUT2D eigenvalue weighted by Gasteiger charge is 1.98. The van der Waals surface area contributed by atoms with Crippen molar-refractivity contribution in [2.45, 2.75) is 6.92 Å². The van der Waals surface area contributed by atoms with Gasteiger partial charge in [-0.25, -0.2) is 4.99 Å². The van der Waals surface area contributed by atoms with Gasteiger partial charge in [0.1, 0.15) is 5.69 Å². The monoisotopic (exact) mass is 162 g/mol. The lowest BCUT2D eigenvalue weighted by Gasteiger charge is -1.95. The van der Waals surface area contributed by atoms with Gasteiger partial charge in [0.15, 0.2) is 5.84 Å². The number of amidine groups is 2. The minimum absolute atomic E-state index is 0.0931. The molecule has 0 spiro atoms. The Morgan fingerprint density at radius 1 is 1.58 bits per heavy atom. The normalized spacial score (nSPS) is 11.2. The Labute approximate surface area is 70.7 Å². The van der Waals surface area contributed by atoms with Crippen LogP contribution in [0.2, 0.25) is 0 Å². The minimum atomic E-state index is 0.0931. The van der Waals surface area contributed by atoms with E-state index in [0.29, 0.717) is 11.5 Å². The SMILES string of the molecule is C/C(N)=N\C(=N)c1ccccn1. The molecule has 0 saturated heterocycles. The number of aliphatic imine (C=N–C) groups is 1. The van der Waals surface area contributed by atoms with E-state index in [1.54, 1.807) is 31.3 Å². The molecule has 0 saturated carbocycles. The first-order chi connectivity index (χ1) is 5.70. The van der Waals surface area contributed by atoms with Crippen LogP contribution in [0.5, 0.6) is 0 Å². The van der Waals surface area contributed by atoms with Crippen molar-refractivity contribution < 1.29 is 0 Å². The van der Waals surface area contributed by atoms with Crippen molar-refractivity contribution in [3.8, 4) is 0 Å². The number of nitrogens with one attached hydrogen (secondary N) is 1. The Balaban J connectivity index is 2.87. The Bertz CT molecular complexity index is 298. The molecule has 1 aromatic rings. The van der Waals surface area contributed by atoms with Crippen molar-refractivity contribution in [1.82, 2.24) is 4.98 Å². The van der Waals surface area contributed by atoms with Gasteiger partial charge in [-0.2, -0.15) is 0 Å². The zero-order chi connectivity index (χ0) is 8.97. The van der Waals surface area contributed by atoms with E-state index in [1.165, 1.54) is 0 Å². The molecule has 0 radical (unpaired) electrons. The molecule has 1 rings (SSSR count). The lowest BCUT2D eigenvalue weighted by molar-refractivity contribution is 1.25. The highest BCUT2D eigenvalue weighted by atomic mass is 14.9. The van der Waals surface area contributed by atoms with Gasteiger partial charge < -0.3 is 5.73 Å². The molecule has 0 atom stereocenters. The Morgan fingerprint density at radius 2 is 2.33 bits per heavy atom. The standard InChI is InChI=1S/C8H10N4/c1-6(9)12-8(10)7-4-2-3-5-11-7/h2-5H,1H3,(H3,9,10,12). The number of nitrogens with zero attached hydrogens (tertiary/aromatic N) is 2. The van der Waals surface area contributed by atoms with Crippen LogP contribution in [0.25, 0.3) is 0 Å². The van der Waals surface area contributed by atoms with Crippen LogP contribution in [-0.4, -0.2) is 16.7 Å². The van der Waals surface area contributed by atoms with E-state index in [-0.39, 0.29) is 5.84 Å². The van der Waals surface area contributed by atoms with Crippen molar-refractivity contribution >= 4 is 11.7 Å². The van der Waals surface area contributed by atoms with Gasteiger partial charge in [-0.1, -0.05) is 6.07 Å². The third-order valence-electron chi connectivity index (χ3n) is 1.20. The largest absolute Gasteiger partial charge is 0.387 e. The summed E-state index contributed by atoms with van der Waals surface area (Å²) in [7, 11) is 0. The second-order valence-electron chi connectivity index (χ2n) is 2.32. The topological polar surface area (TPSA) is 75.1 Å². The molecule has 0 aliphatic heterocycles. The molecule has 1 heterocycles. The molecular weight excluding hydrogens is 152 g/mol. The summed E-state index contributed by atoms with van der Waals surface area (Å²) in [5.41, 5.74) is 5.84. The van der Waals surface area contributed by atoms with Crippen LogP contribution in [0, 0.1) is 5.41 Å². The smallest absolute Gasteiger partial charge is 0.172 e. The van der Waals surface area contributed by atoms with Crippen molar-refractivity contribution in [2.75, 3.05) is 0 Å². The van der Waals surface area contributed by atoms with Gasteiger partial charge in [-0.05, 0) is 19.1 Å². The average Bonchev–Trinajstić information content (AvgIpc) is 2.05. The van der Waals surface area contributed by atoms with E-state index >= 15 is 0 Å². The molecule has 3 N–H and O–H groups in total. The molecule has 0 amide bonds. The second kappa shape index (κ2) is 3.61. The summed E-state index contributed by atoms with van der Waals surface area (Å²) in [5.74, 6) is 0.459. The lowest BCUT2D eigenvalue weighted by Crippen LogP contribution is -2.10. The molecule has 0 unspecified atom stereocenters. The summed E-state index contributed by atoms with van der Waals surface area (Å²) in [4.78, 5) is 7.71. The number of hydrogen-bond acceptors (Lipinski definition) is 2. The molecule has 1 aromatic heterocycles. The molecule has 0 fully saturated rings. The molecule has 0 aliphatic rings. The van der Waals surface area contributed by atoms with Crippen LogP contribution in [0.15, 0.2) is 29.4 Å². The molecule has 0 bridgehead atoms. The van der Waals surface area contributed by atoms with E-state index in [2.05, 4.69) is 9.98 Å². The van der Waals surface area contributed by atoms with Crippen molar-refractivity contribution in [1.29, 1.82) is 5.41 Å². The molecule has 12 heavy (non-hydrogen) atoms. The van der Waals surface area contributed by atoms with Crippen LogP contribution in [0.4, 0.5) is 0 Å². The maximum Gasteiger partial charge on any atom is 0.172 e. The first kappa shape index (κ1) is 8.39. The average molecular weight is 162 g/mol. The summed E-state index contributed by atoms with van der Waals surface area (Å²) < 4.78 is 0. The number of hydrogen-bond donors (Lipinski definition) is 2. The number of pyridine rings is 1. The molecule has 4 heteroatoms. The third-order valence-corrected chi connectivity index (χ3v) is 1.20. The summed E-state index contributed by atoms with van der Waals surface area (Å²) in [6, 6.07) is 5.31. The summed E-state index contributed by atoms with van der Waals surface area (Å²) in [5, 5.41) is 7.43. The third kappa shape index (κ3) is 2.16. The van der Waals surface area contributed by atoms with Crippen LogP contribution in [0.1, 0.15) is 12.6 Å². The van der Waals surface area contributed by atoms with E-state index < -0.39 is 0 Å². The van der Waals surface area contributed by atoms with E-state index in [0.717, 1.165) is 0 Å².